The summed E-state index contributed by atoms with van der Waals surface area (Å²) in [5, 5.41) is 6.43. The average molecular weight is 359 g/mol. The van der Waals surface area contributed by atoms with Crippen LogP contribution >= 0.6 is 38.9 Å². The summed E-state index contributed by atoms with van der Waals surface area (Å²) in [6.45, 7) is 6.24. The van der Waals surface area contributed by atoms with E-state index in [4.69, 9.17) is 11.6 Å². The molecule has 0 aliphatic carbocycles. The van der Waals surface area contributed by atoms with Crippen molar-refractivity contribution >= 4 is 38.9 Å². The predicted octanol–water partition coefficient (Wildman–Crippen LogP) is 5.23. The fourth-order valence-electron chi connectivity index (χ4n) is 1.93. The highest BCUT2D eigenvalue weighted by Crippen LogP contribution is 2.27. The van der Waals surface area contributed by atoms with Crippen molar-refractivity contribution in [2.24, 2.45) is 0 Å². The molecule has 0 spiro atoms. The Bertz CT molecular complexity index is 537. The van der Waals surface area contributed by atoms with Gasteiger partial charge in [0.05, 0.1) is 0 Å². The highest BCUT2D eigenvalue weighted by molar-refractivity contribution is 9.10. The smallest absolute Gasteiger partial charge is 0.0462 e. The minimum absolute atomic E-state index is 0.149. The van der Waals surface area contributed by atoms with Crippen LogP contribution in [0.4, 0.5) is 0 Å². The Morgan fingerprint density at radius 2 is 2.11 bits per heavy atom. The minimum Gasteiger partial charge on any atom is -0.312 e. The van der Waals surface area contributed by atoms with Crippen molar-refractivity contribution < 1.29 is 0 Å². The van der Waals surface area contributed by atoms with Crippen LogP contribution in [-0.4, -0.2) is 6.54 Å². The summed E-state index contributed by atoms with van der Waals surface area (Å²) in [6.07, 6.45) is 0. The molecule has 1 aromatic heterocycles. The van der Waals surface area contributed by atoms with Crippen molar-refractivity contribution in [3.63, 3.8) is 0 Å². The second-order valence-corrected chi connectivity index (χ2v) is 7.47. The summed E-state index contributed by atoms with van der Waals surface area (Å²) in [5.74, 6) is 0. The molecule has 1 nitrogen and oxygen atoms in total. The molecule has 4 heteroatoms. The number of hydrogen-bond donors (Lipinski definition) is 1. The third kappa shape index (κ3) is 4.06. The molecule has 0 unspecified atom stereocenters. The Hall–Kier alpha value is -0.350. The van der Waals surface area contributed by atoms with Gasteiger partial charge in [0.25, 0.3) is 0 Å². The maximum absolute atomic E-state index is 6.21. The van der Waals surface area contributed by atoms with Crippen molar-refractivity contribution in [1.29, 1.82) is 0 Å². The van der Waals surface area contributed by atoms with Crippen molar-refractivity contribution in [3.8, 4) is 0 Å². The fraction of sp³-hybridized carbons (Fsp3) is 0.333. The monoisotopic (exact) mass is 357 g/mol. The van der Waals surface area contributed by atoms with Gasteiger partial charge in [-0.2, -0.15) is 0 Å². The van der Waals surface area contributed by atoms with Gasteiger partial charge < -0.3 is 5.32 Å². The van der Waals surface area contributed by atoms with Gasteiger partial charge in [-0.05, 0) is 29.1 Å². The third-order valence-corrected chi connectivity index (χ3v) is 5.17. The Morgan fingerprint density at radius 1 is 1.32 bits per heavy atom. The minimum atomic E-state index is 0.149. The van der Waals surface area contributed by atoms with Gasteiger partial charge in [0.1, 0.15) is 0 Å². The van der Waals surface area contributed by atoms with Crippen LogP contribution < -0.4 is 5.32 Å². The van der Waals surface area contributed by atoms with E-state index >= 15 is 0 Å². The lowest BCUT2D eigenvalue weighted by atomic mass is 9.91. The van der Waals surface area contributed by atoms with Crippen LogP contribution in [0, 0.1) is 0 Å². The number of hydrogen-bond acceptors (Lipinski definition) is 2. The quantitative estimate of drug-likeness (QED) is 0.771. The molecule has 0 bridgehead atoms. The predicted molar refractivity (Wildman–Crippen MR) is 88.2 cm³/mol. The number of halogens is 2. The second kappa shape index (κ2) is 6.40. The first-order chi connectivity index (χ1) is 8.99. The zero-order valence-electron chi connectivity index (χ0n) is 11.0. The number of rotatable bonds is 5. The van der Waals surface area contributed by atoms with Crippen LogP contribution in [0.2, 0.25) is 5.02 Å². The summed E-state index contributed by atoms with van der Waals surface area (Å²) >= 11 is 11.4. The summed E-state index contributed by atoms with van der Waals surface area (Å²) in [6, 6.07) is 10.3. The van der Waals surface area contributed by atoms with Crippen LogP contribution in [0.5, 0.6) is 0 Å². The molecule has 0 fully saturated rings. The van der Waals surface area contributed by atoms with Gasteiger partial charge in [-0.3, -0.25) is 0 Å². The van der Waals surface area contributed by atoms with E-state index in [1.165, 1.54) is 4.88 Å². The first-order valence-electron chi connectivity index (χ1n) is 6.18. The molecule has 0 atom stereocenters. The largest absolute Gasteiger partial charge is 0.312 e. The molecule has 2 aromatic rings. The molecule has 1 heterocycles. The van der Waals surface area contributed by atoms with E-state index in [2.05, 4.69) is 58.7 Å². The lowest BCUT2D eigenvalue weighted by Crippen LogP contribution is -2.31. The number of benzene rings is 1. The van der Waals surface area contributed by atoms with E-state index < -0.39 is 0 Å². The van der Waals surface area contributed by atoms with Gasteiger partial charge >= 0.3 is 0 Å². The first kappa shape index (κ1) is 15.0. The zero-order chi connectivity index (χ0) is 13.9. The van der Waals surface area contributed by atoms with E-state index in [1.807, 2.05) is 23.5 Å². The summed E-state index contributed by atoms with van der Waals surface area (Å²) in [5.41, 5.74) is 1.28. The maximum Gasteiger partial charge on any atom is 0.0462 e. The molecule has 1 aromatic carbocycles. The Morgan fingerprint density at radius 3 is 2.74 bits per heavy atom. The van der Waals surface area contributed by atoms with E-state index in [0.29, 0.717) is 0 Å². The van der Waals surface area contributed by atoms with E-state index in [-0.39, 0.29) is 5.41 Å². The van der Waals surface area contributed by atoms with Gasteiger partial charge in [-0.15, -0.1) is 11.3 Å². The Labute approximate surface area is 132 Å². The van der Waals surface area contributed by atoms with E-state index in [0.717, 1.165) is 28.1 Å². The first-order valence-corrected chi connectivity index (χ1v) is 8.23. The lowest BCUT2D eigenvalue weighted by Gasteiger charge is -2.24. The van der Waals surface area contributed by atoms with Crippen LogP contribution in [-0.2, 0) is 12.0 Å². The average Bonchev–Trinajstić information content (AvgIpc) is 2.86. The fourth-order valence-corrected chi connectivity index (χ4v) is 3.52. The molecule has 19 heavy (non-hydrogen) atoms. The van der Waals surface area contributed by atoms with Gasteiger partial charge in [0.2, 0.25) is 0 Å². The Kier molecular flexibility index (Phi) is 5.07. The molecule has 0 aliphatic rings. The van der Waals surface area contributed by atoms with Gasteiger partial charge in [-0.25, -0.2) is 0 Å². The van der Waals surface area contributed by atoms with Crippen LogP contribution in [0.3, 0.4) is 0 Å². The van der Waals surface area contributed by atoms with E-state index in [9.17, 15) is 0 Å². The summed E-state index contributed by atoms with van der Waals surface area (Å²) in [7, 11) is 0. The van der Waals surface area contributed by atoms with Crippen molar-refractivity contribution in [2.75, 3.05) is 6.54 Å². The third-order valence-electron chi connectivity index (χ3n) is 3.09. The molecule has 2 rings (SSSR count). The highest BCUT2D eigenvalue weighted by atomic mass is 79.9. The second-order valence-electron chi connectivity index (χ2n) is 5.20. The summed E-state index contributed by atoms with van der Waals surface area (Å²) in [4.78, 5) is 1.40. The van der Waals surface area contributed by atoms with Crippen molar-refractivity contribution in [1.82, 2.24) is 5.32 Å². The standard InChI is InChI=1S/C15H17BrClNS/c1-15(2,14-4-3-7-19-14)10-18-9-11-5-6-12(16)8-13(11)17/h3-8,18H,9-10H2,1-2H3. The SMILES string of the molecule is CC(C)(CNCc1ccc(Br)cc1Cl)c1cccs1. The lowest BCUT2D eigenvalue weighted by molar-refractivity contribution is 0.477. The van der Waals surface area contributed by atoms with Gasteiger partial charge in [0.15, 0.2) is 0 Å². The van der Waals surface area contributed by atoms with Crippen molar-refractivity contribution in [2.45, 2.75) is 25.8 Å². The molecule has 0 saturated carbocycles. The zero-order valence-corrected chi connectivity index (χ0v) is 14.2. The maximum atomic E-state index is 6.21. The van der Waals surface area contributed by atoms with E-state index in [1.54, 1.807) is 0 Å². The topological polar surface area (TPSA) is 12.0 Å². The molecule has 0 amide bonds. The number of thiophene rings is 1. The van der Waals surface area contributed by atoms with Gasteiger partial charge in [0, 0.05) is 32.9 Å². The van der Waals surface area contributed by atoms with Crippen molar-refractivity contribution in [3.05, 3.63) is 55.6 Å². The summed E-state index contributed by atoms with van der Waals surface area (Å²) < 4.78 is 1.01. The van der Waals surface area contributed by atoms with Crippen LogP contribution in [0.15, 0.2) is 40.2 Å². The molecular formula is C15H17BrClNS. The Balaban J connectivity index is 1.93. The molecule has 102 valence electrons. The van der Waals surface area contributed by atoms with Crippen LogP contribution in [0.1, 0.15) is 24.3 Å². The van der Waals surface area contributed by atoms with Gasteiger partial charge in [-0.1, -0.05) is 53.5 Å². The van der Waals surface area contributed by atoms with Crippen LogP contribution in [0.25, 0.3) is 0 Å². The molecule has 0 radical (unpaired) electrons. The molecule has 0 saturated heterocycles. The molecule has 0 aliphatic heterocycles. The number of nitrogens with one attached hydrogen (secondary N) is 1. The normalized spacial score (nSPS) is 11.8. The molecule has 1 N–H and O–H groups in total. The molecular weight excluding hydrogens is 342 g/mol. The highest BCUT2D eigenvalue weighted by Gasteiger charge is 2.21.